The number of piperidine rings is 1. The number of likely N-dealkylation sites (tertiary alicyclic amines) is 2. The summed E-state index contributed by atoms with van der Waals surface area (Å²) in [4.78, 5) is 33.3. The molecule has 2 atom stereocenters. The van der Waals surface area contributed by atoms with E-state index in [2.05, 4.69) is 9.55 Å². The van der Waals surface area contributed by atoms with E-state index in [0.717, 1.165) is 38.3 Å². The van der Waals surface area contributed by atoms with Gasteiger partial charge in [0.1, 0.15) is 5.82 Å². The summed E-state index contributed by atoms with van der Waals surface area (Å²) in [5, 5.41) is 0. The molecule has 6 nitrogen and oxygen atoms in total. The molecule has 3 fully saturated rings. The number of hydrogen-bond donors (Lipinski definition) is 0. The molecule has 0 spiro atoms. The molecule has 1 aromatic heterocycles. The van der Waals surface area contributed by atoms with Gasteiger partial charge in [-0.2, -0.15) is 0 Å². The van der Waals surface area contributed by atoms with Crippen LogP contribution >= 0.6 is 0 Å². The third-order valence-corrected chi connectivity index (χ3v) is 5.70. The second kappa shape index (κ2) is 6.22. The number of carbonyl (C=O) groups is 2. The Labute approximate surface area is 142 Å². The summed E-state index contributed by atoms with van der Waals surface area (Å²) in [5.74, 6) is 1.88. The van der Waals surface area contributed by atoms with Gasteiger partial charge in [-0.05, 0) is 38.5 Å². The van der Waals surface area contributed by atoms with E-state index in [1.165, 1.54) is 12.8 Å². The molecule has 24 heavy (non-hydrogen) atoms. The number of aromatic nitrogens is 2. The summed E-state index contributed by atoms with van der Waals surface area (Å²) in [5.41, 5.74) is 0. The fourth-order valence-electron chi connectivity index (χ4n) is 4.14. The Balaban J connectivity index is 1.39. The second-order valence-corrected chi connectivity index (χ2v) is 7.61. The highest BCUT2D eigenvalue weighted by Crippen LogP contribution is 2.33. The number of rotatable bonds is 4. The number of carbonyl (C=O) groups excluding carboxylic acids is 2. The molecule has 2 unspecified atom stereocenters. The fraction of sp³-hybridized carbons (Fsp3) is 0.722. The topological polar surface area (TPSA) is 58.4 Å². The molecule has 2 saturated heterocycles. The average Bonchev–Trinajstić information content (AvgIpc) is 3.18. The molecule has 130 valence electrons. The third kappa shape index (κ3) is 3.06. The Kier molecular flexibility index (Phi) is 4.06. The Morgan fingerprint density at radius 1 is 1.29 bits per heavy atom. The molecule has 6 heteroatoms. The van der Waals surface area contributed by atoms with E-state index in [4.69, 9.17) is 0 Å². The normalized spacial score (nSPS) is 27.8. The fourth-order valence-corrected chi connectivity index (χ4v) is 4.14. The summed E-state index contributed by atoms with van der Waals surface area (Å²) in [7, 11) is 0. The molecule has 1 aliphatic carbocycles. The molecule has 0 radical (unpaired) electrons. The first-order valence-corrected chi connectivity index (χ1v) is 9.18. The van der Waals surface area contributed by atoms with Gasteiger partial charge < -0.3 is 14.4 Å². The van der Waals surface area contributed by atoms with Gasteiger partial charge in [0.2, 0.25) is 11.8 Å². The molecule has 2 aliphatic heterocycles. The highest BCUT2D eigenvalue weighted by molar-refractivity contribution is 5.89. The molecule has 0 aromatic carbocycles. The zero-order chi connectivity index (χ0) is 16.7. The van der Waals surface area contributed by atoms with Crippen LogP contribution in [0.25, 0.3) is 0 Å². The monoisotopic (exact) mass is 330 g/mol. The maximum atomic E-state index is 12.9. The summed E-state index contributed by atoms with van der Waals surface area (Å²) in [6.45, 7) is 5.05. The van der Waals surface area contributed by atoms with Gasteiger partial charge in [0.15, 0.2) is 0 Å². The quantitative estimate of drug-likeness (QED) is 0.843. The smallest absolute Gasteiger partial charge is 0.228 e. The van der Waals surface area contributed by atoms with E-state index in [0.29, 0.717) is 24.9 Å². The maximum absolute atomic E-state index is 12.9. The van der Waals surface area contributed by atoms with Crippen LogP contribution in [-0.2, 0) is 9.59 Å². The highest BCUT2D eigenvalue weighted by Gasteiger charge is 2.39. The largest absolute Gasteiger partial charge is 0.342 e. The van der Waals surface area contributed by atoms with Crippen molar-refractivity contribution < 1.29 is 9.59 Å². The minimum Gasteiger partial charge on any atom is -0.342 e. The van der Waals surface area contributed by atoms with Crippen LogP contribution in [0.4, 0.5) is 0 Å². The Bertz CT molecular complexity index is 637. The molecular weight excluding hydrogens is 304 g/mol. The van der Waals surface area contributed by atoms with Crippen LogP contribution in [0, 0.1) is 18.8 Å². The van der Waals surface area contributed by atoms with Crippen LogP contribution in [0.15, 0.2) is 12.4 Å². The summed E-state index contributed by atoms with van der Waals surface area (Å²) in [6, 6.07) is 0.310. The van der Waals surface area contributed by atoms with Gasteiger partial charge >= 0.3 is 0 Å². The molecule has 3 heterocycles. The van der Waals surface area contributed by atoms with Crippen LogP contribution in [-0.4, -0.2) is 57.3 Å². The van der Waals surface area contributed by atoms with E-state index in [9.17, 15) is 9.59 Å². The number of aryl methyl sites for hydroxylation is 1. The molecule has 0 bridgehead atoms. The van der Waals surface area contributed by atoms with E-state index in [1.807, 2.05) is 29.1 Å². The van der Waals surface area contributed by atoms with Crippen molar-refractivity contribution in [2.24, 2.45) is 11.8 Å². The van der Waals surface area contributed by atoms with Crippen molar-refractivity contribution in [2.75, 3.05) is 26.2 Å². The van der Waals surface area contributed by atoms with Crippen LogP contribution in [0.5, 0.6) is 0 Å². The number of hydrogen-bond acceptors (Lipinski definition) is 3. The third-order valence-electron chi connectivity index (χ3n) is 5.70. The van der Waals surface area contributed by atoms with Crippen molar-refractivity contribution in [3.05, 3.63) is 18.2 Å². The van der Waals surface area contributed by atoms with Crippen LogP contribution in [0.2, 0.25) is 0 Å². The SMILES string of the molecule is Cc1nccn1C1CCCN(C(=O)C2CC(=O)N(CC3CC3)C2)C1. The first-order chi connectivity index (χ1) is 11.6. The lowest BCUT2D eigenvalue weighted by molar-refractivity contribution is -0.137. The maximum Gasteiger partial charge on any atom is 0.228 e. The van der Waals surface area contributed by atoms with Gasteiger partial charge in [-0.15, -0.1) is 0 Å². The van der Waals surface area contributed by atoms with Crippen molar-refractivity contribution >= 4 is 11.8 Å². The standard InChI is InChI=1S/C18H26N4O2/c1-13-19-6-8-22(13)16-3-2-7-20(12-16)18(24)15-9-17(23)21(11-15)10-14-4-5-14/h6,8,14-16H,2-5,7,9-12H2,1H3. The van der Waals surface area contributed by atoms with Crippen molar-refractivity contribution in [2.45, 2.75) is 45.1 Å². The average molecular weight is 330 g/mol. The Hall–Kier alpha value is -1.85. The Morgan fingerprint density at radius 3 is 2.83 bits per heavy atom. The first kappa shape index (κ1) is 15.7. The van der Waals surface area contributed by atoms with Crippen molar-refractivity contribution in [3.8, 4) is 0 Å². The van der Waals surface area contributed by atoms with E-state index >= 15 is 0 Å². The zero-order valence-electron chi connectivity index (χ0n) is 14.4. The van der Waals surface area contributed by atoms with Gasteiger partial charge in [-0.25, -0.2) is 4.98 Å². The van der Waals surface area contributed by atoms with Gasteiger partial charge in [0, 0.05) is 45.0 Å². The molecular formula is C18H26N4O2. The lowest BCUT2D eigenvalue weighted by Gasteiger charge is -2.35. The van der Waals surface area contributed by atoms with Gasteiger partial charge in [-0.3, -0.25) is 9.59 Å². The van der Waals surface area contributed by atoms with E-state index < -0.39 is 0 Å². The lowest BCUT2D eigenvalue weighted by Crippen LogP contribution is -2.44. The minimum atomic E-state index is -0.140. The van der Waals surface area contributed by atoms with Crippen molar-refractivity contribution in [1.82, 2.24) is 19.4 Å². The molecule has 1 saturated carbocycles. The van der Waals surface area contributed by atoms with Crippen molar-refractivity contribution in [1.29, 1.82) is 0 Å². The zero-order valence-corrected chi connectivity index (χ0v) is 14.4. The second-order valence-electron chi connectivity index (χ2n) is 7.61. The van der Waals surface area contributed by atoms with Gasteiger partial charge in [0.05, 0.1) is 12.0 Å². The van der Waals surface area contributed by atoms with Crippen LogP contribution in [0.3, 0.4) is 0 Å². The minimum absolute atomic E-state index is 0.140. The predicted molar refractivity (Wildman–Crippen MR) is 89.2 cm³/mol. The molecule has 2 amide bonds. The van der Waals surface area contributed by atoms with E-state index in [1.54, 1.807) is 0 Å². The lowest BCUT2D eigenvalue weighted by atomic mass is 10.0. The van der Waals surface area contributed by atoms with Crippen LogP contribution < -0.4 is 0 Å². The number of nitrogens with zero attached hydrogens (tertiary/aromatic N) is 4. The predicted octanol–water partition coefficient (Wildman–Crippen LogP) is 1.61. The molecule has 3 aliphatic rings. The number of amides is 2. The number of imidazole rings is 1. The molecule has 0 N–H and O–H groups in total. The molecule has 4 rings (SSSR count). The van der Waals surface area contributed by atoms with Crippen LogP contribution in [0.1, 0.15) is 44.0 Å². The summed E-state index contributed by atoms with van der Waals surface area (Å²) in [6.07, 6.45) is 8.79. The highest BCUT2D eigenvalue weighted by atomic mass is 16.2. The molecule has 1 aromatic rings. The summed E-state index contributed by atoms with van der Waals surface area (Å²) >= 11 is 0. The van der Waals surface area contributed by atoms with E-state index in [-0.39, 0.29) is 17.7 Å². The Morgan fingerprint density at radius 2 is 2.12 bits per heavy atom. The summed E-state index contributed by atoms with van der Waals surface area (Å²) < 4.78 is 2.18. The van der Waals surface area contributed by atoms with Gasteiger partial charge in [-0.1, -0.05) is 0 Å². The van der Waals surface area contributed by atoms with Crippen molar-refractivity contribution in [3.63, 3.8) is 0 Å². The first-order valence-electron chi connectivity index (χ1n) is 9.18. The van der Waals surface area contributed by atoms with Gasteiger partial charge in [0.25, 0.3) is 0 Å².